The van der Waals surface area contributed by atoms with E-state index in [2.05, 4.69) is 58.1 Å². The number of hydrogen-bond donors (Lipinski definition) is 0. The van der Waals surface area contributed by atoms with E-state index in [0.717, 1.165) is 51.3 Å². The van der Waals surface area contributed by atoms with Gasteiger partial charge in [0.05, 0.1) is 5.69 Å². The first-order valence-corrected chi connectivity index (χ1v) is 10.6. The van der Waals surface area contributed by atoms with Crippen LogP contribution < -0.4 is 0 Å². The molecule has 2 aliphatic rings. The molecule has 1 amide bonds. The van der Waals surface area contributed by atoms with Crippen LogP contribution in [0.15, 0.2) is 48.7 Å². The summed E-state index contributed by atoms with van der Waals surface area (Å²) >= 11 is 0. The van der Waals surface area contributed by atoms with Gasteiger partial charge in [-0.3, -0.25) is 14.7 Å². The van der Waals surface area contributed by atoms with Gasteiger partial charge in [-0.1, -0.05) is 43.3 Å². The molecule has 1 atom stereocenters. The van der Waals surface area contributed by atoms with E-state index in [1.54, 1.807) is 0 Å². The molecule has 0 bridgehead atoms. The third kappa shape index (κ3) is 4.44. The van der Waals surface area contributed by atoms with Gasteiger partial charge in [-0.25, -0.2) is 0 Å². The van der Waals surface area contributed by atoms with Crippen LogP contribution in [0.5, 0.6) is 0 Å². The number of benzene rings is 1. The standard InChI is InChI=1S/C24H31N3O/c1-2-20-9-10-22(25-15-20)17-26-14-6-12-24(18-26)13-11-23(28)27(19-24)16-21-7-4-3-5-8-21/h3-5,7-10,15H,2,6,11-14,16-19H2,1H3. The maximum atomic E-state index is 12.6. The van der Waals surface area contributed by atoms with Crippen LogP contribution in [0.1, 0.15) is 49.4 Å². The number of carbonyl (C=O) groups excluding carboxylic acids is 1. The smallest absolute Gasteiger partial charge is 0.222 e. The van der Waals surface area contributed by atoms with Crippen molar-refractivity contribution < 1.29 is 4.79 Å². The minimum Gasteiger partial charge on any atom is -0.338 e. The van der Waals surface area contributed by atoms with Gasteiger partial charge in [-0.15, -0.1) is 0 Å². The second-order valence-electron chi connectivity index (χ2n) is 8.56. The summed E-state index contributed by atoms with van der Waals surface area (Å²) in [4.78, 5) is 21.9. The van der Waals surface area contributed by atoms with Gasteiger partial charge in [0.25, 0.3) is 0 Å². The van der Waals surface area contributed by atoms with Crippen molar-refractivity contribution in [1.29, 1.82) is 0 Å². The molecule has 4 rings (SSSR count). The molecule has 2 aliphatic heterocycles. The molecule has 0 radical (unpaired) electrons. The minimum absolute atomic E-state index is 0.240. The average molecular weight is 378 g/mol. The first-order valence-electron chi connectivity index (χ1n) is 10.6. The number of amides is 1. The predicted molar refractivity (Wildman–Crippen MR) is 112 cm³/mol. The summed E-state index contributed by atoms with van der Waals surface area (Å²) in [5, 5.41) is 0. The van der Waals surface area contributed by atoms with Crippen LogP contribution >= 0.6 is 0 Å². The molecule has 0 aliphatic carbocycles. The molecule has 1 aromatic carbocycles. The molecular weight excluding hydrogens is 346 g/mol. The van der Waals surface area contributed by atoms with Crippen LogP contribution in [0.3, 0.4) is 0 Å². The van der Waals surface area contributed by atoms with Crippen molar-refractivity contribution in [3.63, 3.8) is 0 Å². The molecule has 2 aromatic rings. The second kappa shape index (κ2) is 8.44. The van der Waals surface area contributed by atoms with Crippen LogP contribution in [-0.2, 0) is 24.3 Å². The molecule has 1 aromatic heterocycles. The number of hydrogen-bond acceptors (Lipinski definition) is 3. The van der Waals surface area contributed by atoms with Crippen LogP contribution in [0.4, 0.5) is 0 Å². The summed E-state index contributed by atoms with van der Waals surface area (Å²) in [6, 6.07) is 14.7. The third-order valence-corrected chi connectivity index (χ3v) is 6.38. The Morgan fingerprint density at radius 2 is 1.86 bits per heavy atom. The van der Waals surface area contributed by atoms with Crippen LogP contribution in [0, 0.1) is 5.41 Å². The molecule has 2 saturated heterocycles. The maximum Gasteiger partial charge on any atom is 0.222 e. The highest BCUT2D eigenvalue weighted by atomic mass is 16.2. The number of aromatic nitrogens is 1. The van der Waals surface area contributed by atoms with E-state index in [1.807, 2.05) is 12.3 Å². The first kappa shape index (κ1) is 19.1. The number of piperidine rings is 2. The predicted octanol–water partition coefficient (Wildman–Crippen LogP) is 4.05. The quantitative estimate of drug-likeness (QED) is 0.789. The molecular formula is C24H31N3O. The zero-order chi connectivity index (χ0) is 19.4. The van der Waals surface area contributed by atoms with Crippen molar-refractivity contribution in [1.82, 2.24) is 14.8 Å². The fourth-order valence-electron chi connectivity index (χ4n) is 4.82. The summed E-state index contributed by atoms with van der Waals surface area (Å²) in [6.45, 7) is 6.91. The van der Waals surface area contributed by atoms with Gasteiger partial charge in [0.1, 0.15) is 0 Å². The van der Waals surface area contributed by atoms with Crippen molar-refractivity contribution >= 4 is 5.91 Å². The van der Waals surface area contributed by atoms with E-state index in [9.17, 15) is 4.79 Å². The average Bonchev–Trinajstić information content (AvgIpc) is 2.72. The molecule has 4 nitrogen and oxygen atoms in total. The molecule has 1 spiro atoms. The van der Waals surface area contributed by atoms with Gasteiger partial charge in [0, 0.05) is 44.2 Å². The lowest BCUT2D eigenvalue weighted by atomic mass is 9.73. The zero-order valence-electron chi connectivity index (χ0n) is 16.9. The van der Waals surface area contributed by atoms with Gasteiger partial charge in [-0.05, 0) is 49.4 Å². The highest BCUT2D eigenvalue weighted by Gasteiger charge is 2.41. The van der Waals surface area contributed by atoms with Crippen molar-refractivity contribution in [2.75, 3.05) is 19.6 Å². The third-order valence-electron chi connectivity index (χ3n) is 6.38. The number of rotatable bonds is 5. The van der Waals surface area contributed by atoms with E-state index in [0.29, 0.717) is 12.3 Å². The van der Waals surface area contributed by atoms with Crippen LogP contribution in [-0.4, -0.2) is 40.3 Å². The summed E-state index contributed by atoms with van der Waals surface area (Å²) in [5.41, 5.74) is 3.91. The SMILES string of the molecule is CCc1ccc(CN2CCCC3(CCC(=O)N(Cc4ccccc4)C3)C2)nc1. The minimum atomic E-state index is 0.240. The number of pyridine rings is 1. The highest BCUT2D eigenvalue weighted by Crippen LogP contribution is 2.39. The normalized spacial score (nSPS) is 23.3. The Hall–Kier alpha value is -2.20. The Morgan fingerprint density at radius 3 is 2.61 bits per heavy atom. The van der Waals surface area contributed by atoms with E-state index in [1.165, 1.54) is 24.0 Å². The van der Waals surface area contributed by atoms with Gasteiger partial charge < -0.3 is 4.90 Å². The molecule has 3 heterocycles. The van der Waals surface area contributed by atoms with Crippen LogP contribution in [0.25, 0.3) is 0 Å². The summed E-state index contributed by atoms with van der Waals surface area (Å²) in [6.07, 6.45) is 7.19. The fraction of sp³-hybridized carbons (Fsp3) is 0.500. The number of likely N-dealkylation sites (tertiary alicyclic amines) is 2. The Labute approximate surface area is 168 Å². The largest absolute Gasteiger partial charge is 0.338 e. The second-order valence-corrected chi connectivity index (χ2v) is 8.56. The summed E-state index contributed by atoms with van der Waals surface area (Å²) in [7, 11) is 0. The fourth-order valence-corrected chi connectivity index (χ4v) is 4.82. The summed E-state index contributed by atoms with van der Waals surface area (Å²) in [5.74, 6) is 0.309. The lowest BCUT2D eigenvalue weighted by molar-refractivity contribution is -0.140. The molecule has 2 fully saturated rings. The molecule has 4 heteroatoms. The Balaban J connectivity index is 1.42. The van der Waals surface area contributed by atoms with Gasteiger partial charge >= 0.3 is 0 Å². The highest BCUT2D eigenvalue weighted by molar-refractivity contribution is 5.77. The number of carbonyl (C=O) groups is 1. The van der Waals surface area contributed by atoms with Gasteiger partial charge in [0.15, 0.2) is 0 Å². The molecule has 0 N–H and O–H groups in total. The van der Waals surface area contributed by atoms with Gasteiger partial charge in [-0.2, -0.15) is 0 Å². The Kier molecular flexibility index (Phi) is 5.77. The Morgan fingerprint density at radius 1 is 1.00 bits per heavy atom. The maximum absolute atomic E-state index is 12.6. The monoisotopic (exact) mass is 377 g/mol. The van der Waals surface area contributed by atoms with Crippen LogP contribution in [0.2, 0.25) is 0 Å². The molecule has 1 unspecified atom stereocenters. The van der Waals surface area contributed by atoms with E-state index in [-0.39, 0.29) is 5.41 Å². The lowest BCUT2D eigenvalue weighted by Gasteiger charge is -2.48. The van der Waals surface area contributed by atoms with Crippen molar-refractivity contribution in [2.45, 2.75) is 52.1 Å². The zero-order valence-corrected chi connectivity index (χ0v) is 16.9. The van der Waals surface area contributed by atoms with Gasteiger partial charge in [0.2, 0.25) is 5.91 Å². The topological polar surface area (TPSA) is 36.4 Å². The number of nitrogens with zero attached hydrogens (tertiary/aromatic N) is 3. The molecule has 0 saturated carbocycles. The van der Waals surface area contributed by atoms with E-state index < -0.39 is 0 Å². The summed E-state index contributed by atoms with van der Waals surface area (Å²) < 4.78 is 0. The number of aryl methyl sites for hydroxylation is 1. The van der Waals surface area contributed by atoms with E-state index in [4.69, 9.17) is 0 Å². The van der Waals surface area contributed by atoms with E-state index >= 15 is 0 Å². The molecule has 28 heavy (non-hydrogen) atoms. The van der Waals surface area contributed by atoms with Crippen molar-refractivity contribution in [3.8, 4) is 0 Å². The first-order chi connectivity index (χ1) is 13.7. The molecule has 148 valence electrons. The Bertz CT molecular complexity index is 789. The van der Waals surface area contributed by atoms with Crippen molar-refractivity contribution in [2.24, 2.45) is 5.41 Å². The van der Waals surface area contributed by atoms with Crippen molar-refractivity contribution in [3.05, 3.63) is 65.5 Å². The lowest BCUT2D eigenvalue weighted by Crippen LogP contribution is -2.53.